The Labute approximate surface area is 211 Å². The number of ether oxygens (including phenoxy) is 2. The van der Waals surface area contributed by atoms with E-state index in [1.807, 2.05) is 0 Å². The summed E-state index contributed by atoms with van der Waals surface area (Å²) in [7, 11) is 2.81. The van der Waals surface area contributed by atoms with Gasteiger partial charge in [-0.2, -0.15) is 0 Å². The molecule has 1 aromatic carbocycles. The van der Waals surface area contributed by atoms with Gasteiger partial charge in [-0.3, -0.25) is 9.59 Å². The minimum atomic E-state index is -0.799. The van der Waals surface area contributed by atoms with Gasteiger partial charge < -0.3 is 29.4 Å². The normalized spacial score (nSPS) is 17.2. The number of esters is 1. The highest BCUT2D eigenvalue weighted by Gasteiger charge is 2.46. The third-order valence-corrected chi connectivity index (χ3v) is 6.78. The molecule has 0 spiro atoms. The van der Waals surface area contributed by atoms with Gasteiger partial charge in [-0.05, 0) is 63.2 Å². The van der Waals surface area contributed by atoms with Crippen molar-refractivity contribution >= 4 is 23.4 Å². The van der Waals surface area contributed by atoms with E-state index in [1.54, 1.807) is 45.2 Å². The van der Waals surface area contributed by atoms with Crippen LogP contribution in [0.5, 0.6) is 5.75 Å². The molecular weight excluding hydrogens is 462 g/mol. The summed E-state index contributed by atoms with van der Waals surface area (Å²) in [5.74, 6) is -1.77. The number of aliphatic hydroxyl groups excluding tert-OH is 1. The molecule has 0 saturated carbocycles. The van der Waals surface area contributed by atoms with E-state index in [0.717, 1.165) is 19.6 Å². The Morgan fingerprint density at radius 2 is 1.86 bits per heavy atom. The first-order chi connectivity index (χ1) is 17.2. The van der Waals surface area contributed by atoms with Crippen molar-refractivity contribution in [3.8, 4) is 5.75 Å². The van der Waals surface area contributed by atoms with Gasteiger partial charge in [0.05, 0.1) is 25.8 Å². The van der Waals surface area contributed by atoms with Crippen molar-refractivity contribution < 1.29 is 29.0 Å². The minimum Gasteiger partial charge on any atom is -0.507 e. The van der Waals surface area contributed by atoms with E-state index in [2.05, 4.69) is 23.7 Å². The van der Waals surface area contributed by atoms with Crippen molar-refractivity contribution in [2.45, 2.75) is 40.2 Å². The molecule has 2 aromatic rings. The van der Waals surface area contributed by atoms with Crippen LogP contribution >= 0.6 is 0 Å². The summed E-state index contributed by atoms with van der Waals surface area (Å²) < 4.78 is 10.2. The van der Waals surface area contributed by atoms with Crippen molar-refractivity contribution in [2.75, 3.05) is 40.4 Å². The fourth-order valence-corrected chi connectivity index (χ4v) is 4.82. The first-order valence-corrected chi connectivity index (χ1v) is 12.1. The first-order valence-electron chi connectivity index (χ1n) is 12.1. The Bertz CT molecular complexity index is 1180. The van der Waals surface area contributed by atoms with Crippen LogP contribution in [0.1, 0.15) is 59.2 Å². The van der Waals surface area contributed by atoms with Crippen LogP contribution in [0, 0.1) is 13.8 Å². The van der Waals surface area contributed by atoms with Crippen molar-refractivity contribution in [1.82, 2.24) is 14.8 Å². The SMILES string of the molecule is CCN(CC)CCCN1C(=O)C(=O)C(=C(O)c2c(C)[nH]c(C(=O)OC)c2C)[C@@H]1c1cccc(OC)c1. The van der Waals surface area contributed by atoms with E-state index in [0.29, 0.717) is 41.1 Å². The molecule has 1 atom stereocenters. The van der Waals surface area contributed by atoms with Crippen molar-refractivity contribution in [3.05, 3.63) is 57.9 Å². The highest BCUT2D eigenvalue weighted by Crippen LogP contribution is 2.41. The molecule has 0 radical (unpaired) electrons. The summed E-state index contributed by atoms with van der Waals surface area (Å²) in [6.07, 6.45) is 0.671. The number of nitrogens with one attached hydrogen (secondary N) is 1. The molecule has 194 valence electrons. The van der Waals surface area contributed by atoms with E-state index in [9.17, 15) is 19.5 Å². The van der Waals surface area contributed by atoms with Gasteiger partial charge in [0.2, 0.25) is 0 Å². The molecule has 9 heteroatoms. The molecule has 1 saturated heterocycles. The number of rotatable bonds is 10. The van der Waals surface area contributed by atoms with E-state index >= 15 is 0 Å². The molecule has 1 aliphatic rings. The van der Waals surface area contributed by atoms with E-state index in [4.69, 9.17) is 9.47 Å². The van der Waals surface area contributed by atoms with Crippen LogP contribution in [0.15, 0.2) is 29.8 Å². The number of Topliss-reactive ketones (excluding diaryl/α,β-unsaturated/α-hetero) is 1. The molecule has 1 aliphatic heterocycles. The zero-order valence-electron chi connectivity index (χ0n) is 21.8. The summed E-state index contributed by atoms with van der Waals surface area (Å²) in [6, 6.07) is 6.33. The predicted octanol–water partition coefficient (Wildman–Crippen LogP) is 3.58. The number of amides is 1. The number of aromatic amines is 1. The van der Waals surface area contributed by atoms with Crippen LogP contribution in [0.4, 0.5) is 0 Å². The molecule has 0 unspecified atom stereocenters. The molecule has 2 N–H and O–H groups in total. The van der Waals surface area contributed by atoms with Gasteiger partial charge in [0, 0.05) is 17.8 Å². The van der Waals surface area contributed by atoms with Gasteiger partial charge >= 0.3 is 5.97 Å². The highest BCUT2D eigenvalue weighted by atomic mass is 16.5. The molecule has 1 fully saturated rings. The van der Waals surface area contributed by atoms with Crippen LogP contribution < -0.4 is 4.74 Å². The largest absolute Gasteiger partial charge is 0.507 e. The Kier molecular flexibility index (Phi) is 8.57. The smallest absolute Gasteiger partial charge is 0.354 e. The number of benzene rings is 1. The second-order valence-corrected chi connectivity index (χ2v) is 8.77. The molecule has 1 aromatic heterocycles. The molecule has 1 amide bonds. The van der Waals surface area contributed by atoms with Gasteiger partial charge in [-0.15, -0.1) is 0 Å². The monoisotopic (exact) mass is 497 g/mol. The minimum absolute atomic E-state index is 0.0160. The van der Waals surface area contributed by atoms with Gasteiger partial charge in [-0.1, -0.05) is 26.0 Å². The molecule has 0 bridgehead atoms. The predicted molar refractivity (Wildman–Crippen MR) is 136 cm³/mol. The zero-order valence-corrected chi connectivity index (χ0v) is 21.8. The van der Waals surface area contributed by atoms with Gasteiger partial charge in [0.1, 0.15) is 17.2 Å². The quantitative estimate of drug-likeness (QED) is 0.223. The summed E-state index contributed by atoms with van der Waals surface area (Å²) in [5, 5.41) is 11.5. The van der Waals surface area contributed by atoms with Gasteiger partial charge in [0.15, 0.2) is 0 Å². The summed E-state index contributed by atoms with van der Waals surface area (Å²) in [6.45, 7) is 10.4. The number of hydrogen-bond donors (Lipinski definition) is 2. The molecule has 3 rings (SSSR count). The Morgan fingerprint density at radius 3 is 2.47 bits per heavy atom. The number of carbonyl (C=O) groups excluding carboxylic acids is 3. The number of carbonyl (C=O) groups is 3. The fourth-order valence-electron chi connectivity index (χ4n) is 4.82. The lowest BCUT2D eigenvalue weighted by molar-refractivity contribution is -0.140. The number of methoxy groups -OCH3 is 2. The number of aromatic nitrogens is 1. The maximum atomic E-state index is 13.3. The van der Waals surface area contributed by atoms with Crippen LogP contribution in [-0.2, 0) is 14.3 Å². The lowest BCUT2D eigenvalue weighted by Gasteiger charge is -2.27. The molecule has 9 nitrogen and oxygen atoms in total. The topological polar surface area (TPSA) is 112 Å². The van der Waals surface area contributed by atoms with Crippen molar-refractivity contribution in [2.24, 2.45) is 0 Å². The summed E-state index contributed by atoms with van der Waals surface area (Å²) in [5.41, 5.74) is 2.05. The standard InChI is InChI=1S/C27H35N3O6/c1-7-29(8-2)13-10-14-30-23(18-11-9-12-19(15-18)35-5)21(25(32)26(30)33)24(31)20-16(3)22(27(34)36-6)28-17(20)4/h9,11-12,15,23,28,31H,7-8,10,13-14H2,1-6H3/t23-/m0/s1. The Morgan fingerprint density at radius 1 is 1.17 bits per heavy atom. The van der Waals surface area contributed by atoms with Crippen LogP contribution in [-0.4, -0.2) is 77.9 Å². The number of hydrogen-bond acceptors (Lipinski definition) is 7. The second kappa shape index (κ2) is 11.4. The summed E-state index contributed by atoms with van der Waals surface area (Å²) in [4.78, 5) is 45.5. The Hall–Kier alpha value is -3.59. The number of nitrogens with zero attached hydrogens (tertiary/aromatic N) is 2. The maximum absolute atomic E-state index is 13.3. The lowest BCUT2D eigenvalue weighted by Crippen LogP contribution is -2.33. The van der Waals surface area contributed by atoms with Crippen molar-refractivity contribution in [1.29, 1.82) is 0 Å². The highest BCUT2D eigenvalue weighted by molar-refractivity contribution is 6.46. The summed E-state index contributed by atoms with van der Waals surface area (Å²) >= 11 is 0. The first kappa shape index (κ1) is 27.0. The van der Waals surface area contributed by atoms with Crippen LogP contribution in [0.3, 0.4) is 0 Å². The third-order valence-electron chi connectivity index (χ3n) is 6.78. The van der Waals surface area contributed by atoms with E-state index < -0.39 is 23.7 Å². The van der Waals surface area contributed by atoms with Gasteiger partial charge in [-0.25, -0.2) is 4.79 Å². The average Bonchev–Trinajstić information content (AvgIpc) is 3.32. The number of ketones is 1. The van der Waals surface area contributed by atoms with Crippen LogP contribution in [0.2, 0.25) is 0 Å². The molecular formula is C27H35N3O6. The number of aliphatic hydroxyl groups is 1. The Balaban J connectivity index is 2.14. The second-order valence-electron chi connectivity index (χ2n) is 8.77. The average molecular weight is 498 g/mol. The molecule has 36 heavy (non-hydrogen) atoms. The van der Waals surface area contributed by atoms with Crippen molar-refractivity contribution in [3.63, 3.8) is 0 Å². The number of aryl methyl sites for hydroxylation is 1. The van der Waals surface area contributed by atoms with Gasteiger partial charge in [0.25, 0.3) is 11.7 Å². The number of likely N-dealkylation sites (tertiary alicyclic amines) is 1. The third kappa shape index (κ3) is 5.02. The fraction of sp³-hybridized carbons (Fsp3) is 0.444. The van der Waals surface area contributed by atoms with E-state index in [1.165, 1.54) is 12.0 Å². The zero-order chi connectivity index (χ0) is 26.6. The van der Waals surface area contributed by atoms with E-state index in [-0.39, 0.29) is 17.0 Å². The molecule has 0 aliphatic carbocycles. The number of H-pyrrole nitrogens is 1. The van der Waals surface area contributed by atoms with Crippen LogP contribution in [0.25, 0.3) is 5.76 Å². The maximum Gasteiger partial charge on any atom is 0.354 e. The molecule has 2 heterocycles. The lowest BCUT2D eigenvalue weighted by atomic mass is 9.94.